The number of ether oxygens (including phenoxy) is 2. The van der Waals surface area contributed by atoms with Crippen molar-refractivity contribution in [3.63, 3.8) is 0 Å². The van der Waals surface area contributed by atoms with Crippen LogP contribution >= 0.6 is 0 Å². The molecule has 1 aliphatic rings. The van der Waals surface area contributed by atoms with Crippen LogP contribution in [-0.4, -0.2) is 35.3 Å². The predicted molar refractivity (Wildman–Crippen MR) is 156 cm³/mol. The molecule has 9 heteroatoms. The van der Waals surface area contributed by atoms with Crippen LogP contribution in [-0.2, 0) is 46.0 Å². The molecule has 0 saturated heterocycles. The summed E-state index contributed by atoms with van der Waals surface area (Å²) < 4.78 is 11.4. The minimum Gasteiger partial charge on any atom is -0.693 e. The van der Waals surface area contributed by atoms with E-state index in [1.807, 2.05) is 39.1 Å². The number of nitrogens with zero attached hydrogens (tertiary/aromatic N) is 2. The number of pyridine rings is 2. The summed E-state index contributed by atoms with van der Waals surface area (Å²) >= 11 is 0. The van der Waals surface area contributed by atoms with E-state index >= 15 is 0 Å². The van der Waals surface area contributed by atoms with Crippen molar-refractivity contribution in [1.82, 2.24) is 15.3 Å². The van der Waals surface area contributed by atoms with E-state index in [2.05, 4.69) is 47.6 Å². The number of aromatic hydroxyl groups is 1. The molecule has 4 aromatic rings. The van der Waals surface area contributed by atoms with Crippen LogP contribution in [0.5, 0.6) is 17.2 Å². The number of benzene rings is 2. The van der Waals surface area contributed by atoms with E-state index in [1.54, 1.807) is 19.2 Å². The van der Waals surface area contributed by atoms with Crippen molar-refractivity contribution in [2.24, 2.45) is 0 Å². The van der Waals surface area contributed by atoms with E-state index in [0.717, 1.165) is 61.7 Å². The molecule has 5 rings (SSSR count). The van der Waals surface area contributed by atoms with Crippen molar-refractivity contribution >= 4 is 16.6 Å². The van der Waals surface area contributed by atoms with Gasteiger partial charge in [-0.3, -0.25) is 9.97 Å². The second kappa shape index (κ2) is 17.0. The van der Waals surface area contributed by atoms with Crippen molar-refractivity contribution < 1.29 is 54.2 Å². The van der Waals surface area contributed by atoms with Crippen molar-refractivity contribution in [2.45, 2.75) is 27.2 Å². The summed E-state index contributed by atoms with van der Waals surface area (Å²) in [5.41, 5.74) is 7.30. The molecule has 40 heavy (non-hydrogen) atoms. The number of nitrogens with one attached hydrogen (secondary N) is 1. The first-order valence-electron chi connectivity index (χ1n) is 12.1. The molecule has 4 N–H and O–H groups in total. The molecule has 1 radical (unpaired) electrons. The van der Waals surface area contributed by atoms with Crippen LogP contribution in [0.1, 0.15) is 36.2 Å². The fourth-order valence-corrected chi connectivity index (χ4v) is 4.11. The largest absolute Gasteiger partial charge is 2.00 e. The first kappa shape index (κ1) is 37.0. The first-order valence-corrected chi connectivity index (χ1v) is 12.1. The average Bonchev–Trinajstić information content (AvgIpc) is 3.37. The Kier molecular flexibility index (Phi) is 15.7. The number of phenolic OH excluding ortho intramolecular Hbond substituents is 1. The summed E-state index contributed by atoms with van der Waals surface area (Å²) in [5.74, 6) is 1.59. The number of hydrogen-bond acceptors (Lipinski definition) is 6. The number of fused-ring (bicyclic) bond motifs is 2. The van der Waals surface area contributed by atoms with Crippen LogP contribution in [0.25, 0.3) is 34.0 Å². The Morgan fingerprint density at radius 1 is 1.23 bits per heavy atom. The van der Waals surface area contributed by atoms with Crippen LogP contribution in [0.2, 0.25) is 0 Å². The van der Waals surface area contributed by atoms with Crippen LogP contribution in [0.4, 0.5) is 0 Å². The topological polar surface area (TPSA) is 110 Å². The minimum atomic E-state index is 0. The second-order valence-corrected chi connectivity index (χ2v) is 8.28. The Labute approximate surface area is 264 Å². The molecule has 0 fully saturated rings. The third kappa shape index (κ3) is 8.28. The monoisotopic (exact) mass is 747 g/mol. The zero-order valence-electron chi connectivity index (χ0n) is 23.6. The van der Waals surface area contributed by atoms with Gasteiger partial charge in [0, 0.05) is 53.2 Å². The number of nitrogens with two attached hydrogens (primary N) is 1. The third-order valence-electron chi connectivity index (χ3n) is 5.83. The zero-order chi connectivity index (χ0) is 25.7. The molecule has 1 aliphatic heterocycles. The van der Waals surface area contributed by atoms with Crippen molar-refractivity contribution in [3.8, 4) is 28.5 Å². The molecule has 0 unspecified atom stereocenters. The summed E-state index contributed by atoms with van der Waals surface area (Å²) in [6.07, 6.45) is 4.60. The maximum absolute atomic E-state index is 9.58. The fraction of sp³-hybridized carbons (Fsp3) is 0.226. The van der Waals surface area contributed by atoms with Gasteiger partial charge in [-0.05, 0) is 42.8 Å². The van der Waals surface area contributed by atoms with E-state index in [-0.39, 0.29) is 58.9 Å². The first-order chi connectivity index (χ1) is 17.5. The van der Waals surface area contributed by atoms with Crippen molar-refractivity contribution in [3.05, 3.63) is 104 Å². The van der Waals surface area contributed by atoms with E-state index in [4.69, 9.17) is 14.5 Å². The predicted octanol–water partition coefficient (Wildman–Crippen LogP) is 7.06. The summed E-state index contributed by atoms with van der Waals surface area (Å²) in [4.78, 5) is 9.35. The van der Waals surface area contributed by atoms with Crippen molar-refractivity contribution in [1.29, 1.82) is 0 Å². The second-order valence-electron chi connectivity index (χ2n) is 8.28. The molecule has 0 amide bonds. The number of methoxy groups -OCH3 is 1. The molecule has 3 heterocycles. The summed E-state index contributed by atoms with van der Waals surface area (Å²) in [6.45, 7) is 11.4. The fourth-order valence-electron chi connectivity index (χ4n) is 4.11. The van der Waals surface area contributed by atoms with Gasteiger partial charge in [0.05, 0.1) is 7.11 Å². The third-order valence-corrected chi connectivity index (χ3v) is 5.83. The van der Waals surface area contributed by atoms with Gasteiger partial charge in [0.15, 0.2) is 0 Å². The summed E-state index contributed by atoms with van der Waals surface area (Å²) in [6, 6.07) is 16.2. The van der Waals surface area contributed by atoms with Crippen molar-refractivity contribution in [2.75, 3.05) is 20.3 Å². The number of phenols is 1. The number of hydrogen-bond donors (Lipinski definition) is 2. The van der Waals surface area contributed by atoms with E-state index < -0.39 is 0 Å². The van der Waals surface area contributed by atoms with Gasteiger partial charge in [0.25, 0.3) is 0 Å². The maximum Gasteiger partial charge on any atom is 2.00 e. The van der Waals surface area contributed by atoms with E-state index in [0.29, 0.717) is 19.6 Å². The molecule has 2 aromatic heterocycles. The quantitative estimate of drug-likeness (QED) is 0.196. The Morgan fingerprint density at radius 3 is 2.65 bits per heavy atom. The Hall–Kier alpha value is -2.96. The van der Waals surface area contributed by atoms with Gasteiger partial charge >= 0.3 is 39.6 Å². The Balaban J connectivity index is 0.00000248. The van der Waals surface area contributed by atoms with E-state index in [1.165, 1.54) is 0 Å². The molecule has 0 saturated carbocycles. The average molecular weight is 747 g/mol. The standard InChI is InChI=1S/C28H25N3O3.C2H6.CH3.H2N.V.W/c1-17-12-22-13-21(15-25(33-3)26(22)30-16-17)18(2)29-10-8-23-14-20-9-11-34-28(20)27(31-23)19-4-6-24(32)7-5-19;1-2;;;;/h4-6,9,12-16,29,32H,2,8,10-11H2,1,3H3;1-2H3;1H3;1H2;;/q-2;;2*-1;2*+2. The van der Waals surface area contributed by atoms with Gasteiger partial charge in [0.1, 0.15) is 11.3 Å². The molecular weight excluding hydrogens is 711 g/mol. The van der Waals surface area contributed by atoms with Crippen LogP contribution in [0.15, 0.2) is 55.2 Å². The van der Waals surface area contributed by atoms with Crippen LogP contribution in [0.3, 0.4) is 0 Å². The molecule has 0 bridgehead atoms. The van der Waals surface area contributed by atoms with Crippen LogP contribution in [0, 0.1) is 26.8 Å². The number of rotatable bonds is 7. The van der Waals surface area contributed by atoms with Gasteiger partial charge in [0.2, 0.25) is 0 Å². The smallest absolute Gasteiger partial charge is 0.693 e. The normalized spacial score (nSPS) is 10.4. The molecule has 209 valence electrons. The molecular formula is C31H36N4O3VW. The molecule has 0 aliphatic carbocycles. The molecule has 0 atom stereocenters. The Morgan fingerprint density at radius 2 is 1.98 bits per heavy atom. The molecule has 7 nitrogen and oxygen atoms in total. The SMILES string of the molecule is C=C(NCCc1cc2c(c(-c3c[c-]c(O)cc3)n1)OC[CH-]2)c1cc(OC)c2ncc(C)cc2c1.CC.[CH3-].[NH2-].[V+2].[W+2]. The van der Waals surface area contributed by atoms with E-state index in [9.17, 15) is 5.11 Å². The zero-order valence-corrected chi connectivity index (χ0v) is 27.9. The summed E-state index contributed by atoms with van der Waals surface area (Å²) in [5, 5.41) is 14.0. The Bertz CT molecular complexity index is 1400. The van der Waals surface area contributed by atoms with Gasteiger partial charge in [-0.2, -0.15) is 12.1 Å². The minimum absolute atomic E-state index is 0. The van der Waals surface area contributed by atoms with Gasteiger partial charge in [-0.1, -0.05) is 20.4 Å². The molecule has 2 aromatic carbocycles. The summed E-state index contributed by atoms with van der Waals surface area (Å²) in [7, 11) is 1.65. The maximum atomic E-state index is 9.58. The van der Waals surface area contributed by atoms with Crippen LogP contribution < -0.4 is 14.8 Å². The van der Waals surface area contributed by atoms with Gasteiger partial charge in [-0.15, -0.1) is 35.7 Å². The molecule has 0 spiro atoms. The number of aromatic nitrogens is 2. The van der Waals surface area contributed by atoms with Gasteiger partial charge < -0.3 is 33.5 Å². The van der Waals surface area contributed by atoms with Gasteiger partial charge in [-0.25, -0.2) is 0 Å². The number of aryl methyl sites for hydroxylation is 1.